The summed E-state index contributed by atoms with van der Waals surface area (Å²) >= 11 is 0. The van der Waals surface area contributed by atoms with Crippen LogP contribution in [-0.4, -0.2) is 16.9 Å². The molecule has 1 amide bonds. The number of ketones is 1. The number of carbonyl (C=O) groups is 2. The monoisotopic (exact) mass is 231 g/mol. The van der Waals surface area contributed by atoms with Gasteiger partial charge in [-0.1, -0.05) is 30.3 Å². The van der Waals surface area contributed by atoms with Gasteiger partial charge in [0.1, 0.15) is 0 Å². The van der Waals surface area contributed by atoms with E-state index in [0.29, 0.717) is 5.56 Å². The fourth-order valence-electron chi connectivity index (χ4n) is 1.37. The van der Waals surface area contributed by atoms with Gasteiger partial charge in [0.2, 0.25) is 5.78 Å². The lowest BCUT2D eigenvalue weighted by molar-refractivity contribution is 0.0674. The van der Waals surface area contributed by atoms with Crippen LogP contribution in [0.3, 0.4) is 0 Å². The van der Waals surface area contributed by atoms with Gasteiger partial charge in [-0.05, 0) is 12.1 Å². The Kier molecular flexibility index (Phi) is 3.02. The maximum atomic E-state index is 11.9. The third kappa shape index (κ3) is 2.24. The fourth-order valence-corrected chi connectivity index (χ4v) is 1.37. The molecule has 0 radical (unpaired) electrons. The van der Waals surface area contributed by atoms with Crippen molar-refractivity contribution < 1.29 is 19.2 Å². The molecule has 0 saturated carbocycles. The molecule has 0 bridgehead atoms. The lowest BCUT2D eigenvalue weighted by Gasteiger charge is -1.96. The van der Waals surface area contributed by atoms with Crippen LogP contribution in [0.25, 0.3) is 0 Å². The van der Waals surface area contributed by atoms with Crippen molar-refractivity contribution in [3.63, 3.8) is 0 Å². The van der Waals surface area contributed by atoms with Gasteiger partial charge in [0, 0.05) is 5.56 Å². The molecule has 1 heterocycles. The molecule has 0 aliphatic heterocycles. The molecular formula is C12H9NO4. The van der Waals surface area contributed by atoms with Crippen LogP contribution in [0.4, 0.5) is 0 Å². The van der Waals surface area contributed by atoms with Crippen molar-refractivity contribution in [3.8, 4) is 0 Å². The second kappa shape index (κ2) is 4.63. The van der Waals surface area contributed by atoms with Crippen molar-refractivity contribution >= 4 is 11.7 Å². The number of amides is 1. The van der Waals surface area contributed by atoms with Crippen LogP contribution in [0.1, 0.15) is 26.7 Å². The van der Waals surface area contributed by atoms with E-state index in [-0.39, 0.29) is 17.3 Å². The van der Waals surface area contributed by atoms with E-state index in [2.05, 4.69) is 0 Å². The zero-order valence-electron chi connectivity index (χ0n) is 8.71. The Morgan fingerprint density at radius 3 is 2.29 bits per heavy atom. The van der Waals surface area contributed by atoms with Crippen molar-refractivity contribution in [2.45, 2.75) is 0 Å². The first kappa shape index (κ1) is 11.1. The number of furan rings is 1. The predicted molar refractivity (Wildman–Crippen MR) is 57.8 cm³/mol. The Balaban J connectivity index is 2.27. The summed E-state index contributed by atoms with van der Waals surface area (Å²) < 4.78 is 5.03. The highest BCUT2D eigenvalue weighted by Gasteiger charge is 2.16. The van der Waals surface area contributed by atoms with Crippen molar-refractivity contribution in [2.24, 2.45) is 0 Å². The lowest BCUT2D eigenvalue weighted by atomic mass is 10.1. The van der Waals surface area contributed by atoms with Crippen LogP contribution >= 0.6 is 0 Å². The van der Waals surface area contributed by atoms with Crippen LogP contribution in [0, 0.1) is 0 Å². The van der Waals surface area contributed by atoms with E-state index < -0.39 is 5.91 Å². The molecule has 0 unspecified atom stereocenters. The van der Waals surface area contributed by atoms with Gasteiger partial charge >= 0.3 is 5.91 Å². The van der Waals surface area contributed by atoms with Crippen LogP contribution in [0.5, 0.6) is 0 Å². The minimum Gasteiger partial charge on any atom is -0.447 e. The summed E-state index contributed by atoms with van der Waals surface area (Å²) in [6.07, 6.45) is 0. The molecule has 5 nitrogen and oxygen atoms in total. The zero-order chi connectivity index (χ0) is 12.3. The smallest absolute Gasteiger partial charge is 0.310 e. The van der Waals surface area contributed by atoms with Crippen molar-refractivity contribution in [2.75, 3.05) is 0 Å². The molecule has 86 valence electrons. The highest BCUT2D eigenvalue weighted by atomic mass is 16.5. The number of nitrogens with one attached hydrogen (secondary N) is 1. The Labute approximate surface area is 96.6 Å². The second-order valence-corrected chi connectivity index (χ2v) is 3.30. The van der Waals surface area contributed by atoms with E-state index in [1.165, 1.54) is 17.6 Å². The highest BCUT2D eigenvalue weighted by molar-refractivity contribution is 6.07. The largest absolute Gasteiger partial charge is 0.447 e. The molecule has 0 fully saturated rings. The van der Waals surface area contributed by atoms with Gasteiger partial charge in [-0.15, -0.1) is 0 Å². The van der Waals surface area contributed by atoms with Crippen LogP contribution in [0.15, 0.2) is 46.9 Å². The predicted octanol–water partition coefficient (Wildman–Crippen LogP) is 1.63. The Bertz CT molecular complexity index is 545. The SMILES string of the molecule is O=C(NO)c1ccc(C(=O)c2ccccc2)o1. The van der Waals surface area contributed by atoms with Gasteiger partial charge in [-0.3, -0.25) is 14.8 Å². The van der Waals surface area contributed by atoms with E-state index in [9.17, 15) is 9.59 Å². The van der Waals surface area contributed by atoms with Gasteiger partial charge < -0.3 is 4.42 Å². The lowest BCUT2D eigenvalue weighted by Crippen LogP contribution is -2.17. The van der Waals surface area contributed by atoms with E-state index in [4.69, 9.17) is 9.62 Å². The van der Waals surface area contributed by atoms with Crippen molar-refractivity contribution in [1.29, 1.82) is 0 Å². The van der Waals surface area contributed by atoms with Crippen LogP contribution in [0.2, 0.25) is 0 Å². The molecule has 0 saturated heterocycles. The standard InChI is InChI=1S/C12H9NO4/c14-11(8-4-2-1-3-5-8)9-6-7-10(17-9)12(15)13-16/h1-7,16H,(H,13,15). The minimum absolute atomic E-state index is 0.0507. The van der Waals surface area contributed by atoms with Gasteiger partial charge in [-0.25, -0.2) is 5.48 Å². The summed E-state index contributed by atoms with van der Waals surface area (Å²) in [4.78, 5) is 22.9. The highest BCUT2D eigenvalue weighted by Crippen LogP contribution is 2.13. The van der Waals surface area contributed by atoms with Gasteiger partial charge in [0.05, 0.1) is 0 Å². The molecule has 2 rings (SSSR count). The minimum atomic E-state index is -0.794. The van der Waals surface area contributed by atoms with Crippen molar-refractivity contribution in [3.05, 3.63) is 59.5 Å². The fraction of sp³-hybridized carbons (Fsp3) is 0. The third-order valence-corrected chi connectivity index (χ3v) is 2.19. The van der Waals surface area contributed by atoms with Crippen LogP contribution in [-0.2, 0) is 0 Å². The van der Waals surface area contributed by atoms with Crippen molar-refractivity contribution in [1.82, 2.24) is 5.48 Å². The number of hydrogen-bond acceptors (Lipinski definition) is 4. The van der Waals surface area contributed by atoms with Gasteiger partial charge in [0.25, 0.3) is 0 Å². The molecule has 5 heteroatoms. The Morgan fingerprint density at radius 2 is 1.65 bits per heavy atom. The summed E-state index contributed by atoms with van der Waals surface area (Å²) in [7, 11) is 0. The molecule has 2 N–H and O–H groups in total. The third-order valence-electron chi connectivity index (χ3n) is 2.19. The summed E-state index contributed by atoms with van der Waals surface area (Å²) in [6.45, 7) is 0. The number of hydroxylamine groups is 1. The molecule has 0 atom stereocenters. The van der Waals surface area contributed by atoms with E-state index in [0.717, 1.165) is 0 Å². The maximum absolute atomic E-state index is 11.9. The van der Waals surface area contributed by atoms with Crippen LogP contribution < -0.4 is 5.48 Å². The quantitative estimate of drug-likeness (QED) is 0.478. The first-order chi connectivity index (χ1) is 8.22. The number of rotatable bonds is 3. The van der Waals surface area contributed by atoms with E-state index in [1.807, 2.05) is 0 Å². The molecule has 2 aromatic rings. The number of hydrogen-bond donors (Lipinski definition) is 2. The van der Waals surface area contributed by atoms with Gasteiger partial charge in [0.15, 0.2) is 11.5 Å². The molecule has 0 spiro atoms. The molecule has 1 aromatic carbocycles. The average molecular weight is 231 g/mol. The normalized spacial score (nSPS) is 9.94. The number of carbonyl (C=O) groups excluding carboxylic acids is 2. The van der Waals surface area contributed by atoms with E-state index >= 15 is 0 Å². The second-order valence-electron chi connectivity index (χ2n) is 3.30. The Morgan fingerprint density at radius 1 is 1.00 bits per heavy atom. The average Bonchev–Trinajstić information content (AvgIpc) is 2.87. The zero-order valence-corrected chi connectivity index (χ0v) is 8.71. The first-order valence-electron chi connectivity index (χ1n) is 4.86. The maximum Gasteiger partial charge on any atom is 0.310 e. The summed E-state index contributed by atoms with van der Waals surface area (Å²) in [5.41, 5.74) is 1.90. The van der Waals surface area contributed by atoms with Gasteiger partial charge in [-0.2, -0.15) is 0 Å². The summed E-state index contributed by atoms with van der Waals surface area (Å²) in [5, 5.41) is 8.41. The number of benzene rings is 1. The molecule has 0 aliphatic rings. The van der Waals surface area contributed by atoms with E-state index in [1.54, 1.807) is 30.3 Å². The molecule has 0 aliphatic carbocycles. The summed E-state index contributed by atoms with van der Waals surface area (Å²) in [6, 6.07) is 11.3. The molecular weight excluding hydrogens is 222 g/mol. The molecule has 1 aromatic heterocycles. The molecule has 17 heavy (non-hydrogen) atoms. The Hall–Kier alpha value is -2.40. The topological polar surface area (TPSA) is 79.5 Å². The first-order valence-corrected chi connectivity index (χ1v) is 4.86. The summed E-state index contributed by atoms with van der Waals surface area (Å²) in [5.74, 6) is -1.18.